The quantitative estimate of drug-likeness (QED) is 0.314. The molecule has 0 saturated heterocycles. The molecule has 8 nitrogen and oxygen atoms in total. The molecule has 140 valence electrons. The van der Waals surface area contributed by atoms with E-state index in [1.54, 1.807) is 24.3 Å². The fourth-order valence-corrected chi connectivity index (χ4v) is 3.56. The Bertz CT molecular complexity index is 930. The lowest BCUT2D eigenvalue weighted by molar-refractivity contribution is 0.0611. The number of amides is 4. The van der Waals surface area contributed by atoms with Crippen LogP contribution in [0.15, 0.2) is 40.1 Å². The number of hydrogen-bond donors (Lipinski definition) is 1. The number of nitroso groups, excluding NO2 is 1. The number of carbonyl (C=O) groups is 3. The molecular weight excluding hydrogens is 440 g/mol. The summed E-state index contributed by atoms with van der Waals surface area (Å²) in [6.45, 7) is -0.0992. The van der Waals surface area contributed by atoms with E-state index in [-0.39, 0.29) is 25.5 Å². The minimum Gasteiger partial charge on any atom is -0.335 e. The minimum atomic E-state index is -0.742. The third-order valence-electron chi connectivity index (χ3n) is 4.18. The molecule has 10 heteroatoms. The SMILES string of the molecule is O=NN(CCCl)C(=O)NCCN1C(=O)c2cccc3c(Br)ccc(c23)C1=O. The molecule has 0 aliphatic carbocycles. The maximum absolute atomic E-state index is 12.8. The molecule has 1 heterocycles. The Morgan fingerprint density at radius 1 is 1.19 bits per heavy atom. The van der Waals surface area contributed by atoms with Crippen LogP contribution in [0.1, 0.15) is 20.7 Å². The maximum Gasteiger partial charge on any atom is 0.340 e. The highest BCUT2D eigenvalue weighted by molar-refractivity contribution is 9.10. The summed E-state index contributed by atoms with van der Waals surface area (Å²) in [7, 11) is 0. The Kier molecular flexibility index (Phi) is 5.71. The van der Waals surface area contributed by atoms with Gasteiger partial charge in [-0.1, -0.05) is 28.1 Å². The number of imide groups is 1. The van der Waals surface area contributed by atoms with Crippen LogP contribution in [0.25, 0.3) is 10.8 Å². The topological polar surface area (TPSA) is 99.2 Å². The Morgan fingerprint density at radius 2 is 1.89 bits per heavy atom. The summed E-state index contributed by atoms with van der Waals surface area (Å²) in [5.41, 5.74) is 0.848. The van der Waals surface area contributed by atoms with Crippen LogP contribution in [0.3, 0.4) is 0 Å². The number of nitrogens with zero attached hydrogens (tertiary/aromatic N) is 3. The van der Waals surface area contributed by atoms with Crippen LogP contribution in [0.2, 0.25) is 0 Å². The lowest BCUT2D eigenvalue weighted by Gasteiger charge is -2.27. The first-order valence-corrected chi connectivity index (χ1v) is 9.34. The number of urea groups is 1. The number of rotatable bonds is 6. The van der Waals surface area contributed by atoms with Crippen molar-refractivity contribution in [3.05, 3.63) is 50.8 Å². The number of hydrogen-bond acceptors (Lipinski definition) is 5. The summed E-state index contributed by atoms with van der Waals surface area (Å²) >= 11 is 8.92. The number of benzene rings is 2. The van der Waals surface area contributed by atoms with Crippen molar-refractivity contribution in [2.45, 2.75) is 0 Å². The fraction of sp³-hybridized carbons (Fsp3) is 0.235. The van der Waals surface area contributed by atoms with E-state index in [4.69, 9.17) is 11.6 Å². The number of halogens is 2. The molecule has 3 rings (SSSR count). The smallest absolute Gasteiger partial charge is 0.335 e. The number of alkyl halides is 1. The first-order chi connectivity index (χ1) is 13.0. The minimum absolute atomic E-state index is 0.0214. The Morgan fingerprint density at radius 3 is 2.56 bits per heavy atom. The molecule has 1 N–H and O–H groups in total. The highest BCUT2D eigenvalue weighted by Crippen LogP contribution is 2.34. The average Bonchev–Trinajstić information content (AvgIpc) is 2.67. The summed E-state index contributed by atoms with van der Waals surface area (Å²) in [6.07, 6.45) is 0. The molecule has 0 aromatic heterocycles. The van der Waals surface area contributed by atoms with Crippen molar-refractivity contribution < 1.29 is 14.4 Å². The molecule has 0 bridgehead atoms. The molecule has 2 aromatic carbocycles. The molecule has 1 aliphatic rings. The van der Waals surface area contributed by atoms with E-state index in [0.717, 1.165) is 14.8 Å². The van der Waals surface area contributed by atoms with E-state index in [0.29, 0.717) is 21.5 Å². The Balaban J connectivity index is 1.78. The maximum atomic E-state index is 12.8. The van der Waals surface area contributed by atoms with Gasteiger partial charge in [0.2, 0.25) is 0 Å². The van der Waals surface area contributed by atoms with Gasteiger partial charge in [-0.05, 0) is 23.6 Å². The molecular formula is C17H14BrClN4O4. The lowest BCUT2D eigenvalue weighted by Crippen LogP contribution is -2.46. The van der Waals surface area contributed by atoms with E-state index in [1.165, 1.54) is 0 Å². The Labute approximate surface area is 167 Å². The van der Waals surface area contributed by atoms with E-state index in [9.17, 15) is 19.3 Å². The number of nitrogens with one attached hydrogen (secondary N) is 1. The third-order valence-corrected chi connectivity index (χ3v) is 5.04. The second-order valence-electron chi connectivity index (χ2n) is 5.71. The van der Waals surface area contributed by atoms with E-state index < -0.39 is 17.8 Å². The van der Waals surface area contributed by atoms with Gasteiger partial charge in [0.15, 0.2) is 0 Å². The molecule has 4 amide bonds. The largest absolute Gasteiger partial charge is 0.340 e. The van der Waals surface area contributed by atoms with Crippen molar-refractivity contribution in [2.24, 2.45) is 5.29 Å². The van der Waals surface area contributed by atoms with Crippen LogP contribution >= 0.6 is 27.5 Å². The molecule has 0 atom stereocenters. The van der Waals surface area contributed by atoms with Crippen LogP contribution < -0.4 is 5.32 Å². The van der Waals surface area contributed by atoms with Crippen molar-refractivity contribution >= 4 is 56.1 Å². The van der Waals surface area contributed by atoms with Crippen LogP contribution in [-0.2, 0) is 0 Å². The number of carbonyl (C=O) groups excluding carboxylic acids is 3. The summed E-state index contributed by atoms with van der Waals surface area (Å²) in [4.78, 5) is 49.1. The zero-order valence-corrected chi connectivity index (χ0v) is 16.3. The molecule has 0 fully saturated rings. The summed E-state index contributed by atoms with van der Waals surface area (Å²) in [6, 6.07) is 7.93. The van der Waals surface area contributed by atoms with Gasteiger partial charge in [-0.2, -0.15) is 5.01 Å². The molecule has 0 unspecified atom stereocenters. The first-order valence-electron chi connectivity index (χ1n) is 8.01. The summed E-state index contributed by atoms with van der Waals surface area (Å²) in [5.74, 6) is -0.813. The second-order valence-corrected chi connectivity index (χ2v) is 6.94. The van der Waals surface area contributed by atoms with Gasteiger partial charge in [0.25, 0.3) is 11.8 Å². The molecule has 0 spiro atoms. The third kappa shape index (κ3) is 3.52. The monoisotopic (exact) mass is 452 g/mol. The van der Waals surface area contributed by atoms with Gasteiger partial charge in [-0.25, -0.2) is 4.79 Å². The van der Waals surface area contributed by atoms with Crippen molar-refractivity contribution in [3.63, 3.8) is 0 Å². The first kappa shape index (κ1) is 19.2. The fourth-order valence-electron chi connectivity index (χ4n) is 2.94. The van der Waals surface area contributed by atoms with Gasteiger partial charge in [-0.3, -0.25) is 14.5 Å². The van der Waals surface area contributed by atoms with Gasteiger partial charge >= 0.3 is 6.03 Å². The van der Waals surface area contributed by atoms with E-state index >= 15 is 0 Å². The van der Waals surface area contributed by atoms with Crippen LogP contribution in [0, 0.1) is 4.91 Å². The summed E-state index contributed by atoms with van der Waals surface area (Å²) in [5, 5.41) is 7.05. The van der Waals surface area contributed by atoms with Gasteiger partial charge in [0.05, 0.1) is 11.8 Å². The average molecular weight is 454 g/mol. The molecule has 27 heavy (non-hydrogen) atoms. The molecule has 0 saturated carbocycles. The molecule has 1 aliphatic heterocycles. The Hall–Kier alpha value is -2.52. The van der Waals surface area contributed by atoms with Crippen molar-refractivity contribution in [1.82, 2.24) is 15.2 Å². The van der Waals surface area contributed by atoms with Gasteiger partial charge in [-0.15, -0.1) is 16.5 Å². The zero-order chi connectivity index (χ0) is 19.6. The predicted molar refractivity (Wildman–Crippen MR) is 104 cm³/mol. The van der Waals surface area contributed by atoms with Gasteiger partial charge in [0.1, 0.15) is 0 Å². The highest BCUT2D eigenvalue weighted by atomic mass is 79.9. The highest BCUT2D eigenvalue weighted by Gasteiger charge is 2.32. The standard InChI is InChI=1S/C17H14BrClN4O4/c18-13-5-4-12-14-10(13)2-1-3-11(14)15(24)22(16(12)25)9-7-20-17(26)23(21-27)8-6-19/h1-5H,6-9H2,(H,20,26). The van der Waals surface area contributed by atoms with Gasteiger partial charge < -0.3 is 5.32 Å². The van der Waals surface area contributed by atoms with Crippen molar-refractivity contribution in [2.75, 3.05) is 25.5 Å². The normalized spacial score (nSPS) is 13.0. The zero-order valence-electron chi connectivity index (χ0n) is 13.9. The molecule has 0 radical (unpaired) electrons. The van der Waals surface area contributed by atoms with Crippen LogP contribution in [0.4, 0.5) is 4.79 Å². The second kappa shape index (κ2) is 8.01. The van der Waals surface area contributed by atoms with Crippen LogP contribution in [-0.4, -0.2) is 53.3 Å². The molecule has 2 aromatic rings. The lowest BCUT2D eigenvalue weighted by atomic mass is 9.94. The van der Waals surface area contributed by atoms with Crippen molar-refractivity contribution in [1.29, 1.82) is 0 Å². The van der Waals surface area contributed by atoms with E-state index in [1.807, 2.05) is 6.07 Å². The predicted octanol–water partition coefficient (Wildman–Crippen LogP) is 3.13. The van der Waals surface area contributed by atoms with Crippen LogP contribution in [0.5, 0.6) is 0 Å². The van der Waals surface area contributed by atoms with E-state index in [2.05, 4.69) is 26.5 Å². The summed E-state index contributed by atoms with van der Waals surface area (Å²) < 4.78 is 0.796. The van der Waals surface area contributed by atoms with Crippen molar-refractivity contribution in [3.8, 4) is 0 Å². The van der Waals surface area contributed by atoms with Gasteiger partial charge in [0, 0.05) is 40.0 Å².